The number of halogens is 3. The van der Waals surface area contributed by atoms with Gasteiger partial charge in [0.1, 0.15) is 0 Å². The number of carbonyl (C=O) groups is 1. The Morgan fingerprint density at radius 2 is 1.65 bits per heavy atom. The maximum absolute atomic E-state index is 10.7. The minimum Gasteiger partial charge on any atom is -0.366 e. The van der Waals surface area contributed by atoms with Crippen molar-refractivity contribution >= 4 is 16.0 Å². The van der Waals surface area contributed by atoms with Gasteiger partial charge in [-0.25, -0.2) is 0 Å². The first-order valence-corrected chi connectivity index (χ1v) is 5.23. The molecule has 3 N–H and O–H groups in total. The van der Waals surface area contributed by atoms with E-state index >= 15 is 0 Å². The largest absolute Gasteiger partial charge is 0.522 e. The molecule has 0 radical (unpaired) electrons. The summed E-state index contributed by atoms with van der Waals surface area (Å²) in [5.74, 6) is -0.419. The molecule has 0 bridgehead atoms. The first kappa shape index (κ1) is 15.3. The molecule has 0 spiro atoms. The molecule has 96 valence electrons. The Labute approximate surface area is 94.0 Å². The highest BCUT2D eigenvalue weighted by molar-refractivity contribution is 7.86. The van der Waals surface area contributed by atoms with Gasteiger partial charge in [0.2, 0.25) is 5.91 Å². The number of alkyl halides is 3. The summed E-state index contributed by atoms with van der Waals surface area (Å²) in [6.45, 7) is 0. The number of hydrogen-bond acceptors (Lipinski definition) is 4. The van der Waals surface area contributed by atoms with Crippen LogP contribution in [0.15, 0.2) is 24.5 Å². The molecule has 17 heavy (non-hydrogen) atoms. The summed E-state index contributed by atoms with van der Waals surface area (Å²) in [6.07, 6.45) is 3.06. The Morgan fingerprint density at radius 1 is 1.29 bits per heavy atom. The van der Waals surface area contributed by atoms with Crippen LogP contribution in [0.4, 0.5) is 13.2 Å². The van der Waals surface area contributed by atoms with E-state index in [0.29, 0.717) is 5.56 Å². The molecule has 0 fully saturated rings. The molecule has 1 amide bonds. The van der Waals surface area contributed by atoms with Crippen molar-refractivity contribution in [2.24, 2.45) is 5.73 Å². The number of carbonyl (C=O) groups excluding carboxylic acids is 1. The predicted octanol–water partition coefficient (Wildman–Crippen LogP) is 0.575. The van der Waals surface area contributed by atoms with Crippen molar-refractivity contribution in [2.75, 3.05) is 0 Å². The van der Waals surface area contributed by atoms with Crippen molar-refractivity contribution in [3.05, 3.63) is 30.1 Å². The monoisotopic (exact) mass is 272 g/mol. The normalized spacial score (nSPS) is 11.3. The van der Waals surface area contributed by atoms with Gasteiger partial charge in [-0.3, -0.25) is 14.3 Å². The van der Waals surface area contributed by atoms with Gasteiger partial charge in [0.05, 0.1) is 0 Å². The Bertz CT molecular complexity index is 472. The maximum atomic E-state index is 10.7. The van der Waals surface area contributed by atoms with E-state index in [4.69, 9.17) is 18.7 Å². The van der Waals surface area contributed by atoms with E-state index in [1.54, 1.807) is 12.1 Å². The van der Waals surface area contributed by atoms with Gasteiger partial charge < -0.3 is 5.73 Å². The molecule has 0 atom stereocenters. The minimum absolute atomic E-state index is 0.419. The lowest BCUT2D eigenvalue weighted by atomic mass is 10.3. The number of pyridine rings is 1. The highest BCUT2D eigenvalue weighted by Gasteiger charge is 2.44. The van der Waals surface area contributed by atoms with E-state index in [1.165, 1.54) is 12.4 Å². The number of nitrogens with zero attached hydrogens (tertiary/aromatic N) is 1. The van der Waals surface area contributed by atoms with Crippen molar-refractivity contribution in [2.45, 2.75) is 5.51 Å². The molecule has 0 aromatic carbocycles. The average Bonchev–Trinajstić information content (AvgIpc) is 2.17. The molecule has 10 heteroatoms. The molecule has 1 heterocycles. The van der Waals surface area contributed by atoms with Crippen LogP contribution in [-0.2, 0) is 10.1 Å². The SMILES string of the molecule is NC(=O)c1ccncc1.O=S(=O)(O)C(F)(F)F. The van der Waals surface area contributed by atoms with Crippen LogP contribution >= 0.6 is 0 Å². The number of rotatable bonds is 1. The average molecular weight is 272 g/mol. The van der Waals surface area contributed by atoms with Crippen LogP contribution in [0.2, 0.25) is 0 Å². The van der Waals surface area contributed by atoms with Crippen LogP contribution in [-0.4, -0.2) is 29.4 Å². The lowest BCUT2D eigenvalue weighted by Gasteiger charge is -1.97. The van der Waals surface area contributed by atoms with E-state index < -0.39 is 21.5 Å². The highest BCUT2D eigenvalue weighted by atomic mass is 32.2. The minimum atomic E-state index is -5.84. The molecule has 0 saturated carbocycles. The third kappa shape index (κ3) is 5.82. The fourth-order valence-electron chi connectivity index (χ4n) is 0.516. The van der Waals surface area contributed by atoms with Crippen molar-refractivity contribution in [1.29, 1.82) is 0 Å². The van der Waals surface area contributed by atoms with Gasteiger partial charge in [-0.05, 0) is 12.1 Å². The van der Waals surface area contributed by atoms with Crippen molar-refractivity contribution in [1.82, 2.24) is 4.98 Å². The van der Waals surface area contributed by atoms with E-state index in [9.17, 15) is 18.0 Å². The number of primary amides is 1. The first-order chi connectivity index (χ1) is 7.55. The topological polar surface area (TPSA) is 110 Å². The Balaban J connectivity index is 0.000000304. The molecule has 0 unspecified atom stereocenters. The van der Waals surface area contributed by atoms with Crippen LogP contribution in [0, 0.1) is 0 Å². The van der Waals surface area contributed by atoms with Gasteiger partial charge in [-0.2, -0.15) is 21.6 Å². The van der Waals surface area contributed by atoms with Crippen molar-refractivity contribution in [3.63, 3.8) is 0 Å². The van der Waals surface area contributed by atoms with Crippen LogP contribution < -0.4 is 5.73 Å². The van der Waals surface area contributed by atoms with Gasteiger partial charge in [-0.1, -0.05) is 0 Å². The lowest BCUT2D eigenvalue weighted by Crippen LogP contribution is -2.21. The molecule has 0 saturated heterocycles. The molecule has 0 aliphatic heterocycles. The first-order valence-electron chi connectivity index (χ1n) is 3.79. The summed E-state index contributed by atoms with van der Waals surface area (Å²) in [7, 11) is -5.84. The van der Waals surface area contributed by atoms with Crippen LogP contribution in [0.25, 0.3) is 0 Å². The zero-order chi connectivity index (χ0) is 13.7. The molecule has 0 aliphatic rings. The molecule has 1 aromatic heterocycles. The van der Waals surface area contributed by atoms with E-state index in [1.807, 2.05) is 0 Å². The van der Waals surface area contributed by atoms with Gasteiger partial charge in [-0.15, -0.1) is 0 Å². The third-order valence-electron chi connectivity index (χ3n) is 1.26. The van der Waals surface area contributed by atoms with Crippen molar-refractivity contribution < 1.29 is 30.9 Å². The Hall–Kier alpha value is -1.68. The zero-order valence-electron chi connectivity index (χ0n) is 8.05. The summed E-state index contributed by atoms with van der Waals surface area (Å²) in [6, 6.07) is 3.14. The second-order valence-corrected chi connectivity index (χ2v) is 3.93. The summed E-state index contributed by atoms with van der Waals surface area (Å²) in [5, 5.41) is 0. The second kappa shape index (κ2) is 5.59. The van der Waals surface area contributed by atoms with Gasteiger partial charge in [0, 0.05) is 18.0 Å². The molecule has 1 rings (SSSR count). The van der Waals surface area contributed by atoms with Crippen LogP contribution in [0.5, 0.6) is 0 Å². The quantitative estimate of drug-likeness (QED) is 0.573. The van der Waals surface area contributed by atoms with Gasteiger partial charge in [0.15, 0.2) is 0 Å². The van der Waals surface area contributed by atoms with Gasteiger partial charge in [0.25, 0.3) is 0 Å². The van der Waals surface area contributed by atoms with E-state index in [0.717, 1.165) is 0 Å². The molecular weight excluding hydrogens is 265 g/mol. The summed E-state index contributed by atoms with van der Waals surface area (Å²) in [5.41, 5.74) is -0.0969. The molecular formula is C7H7F3N2O4S. The van der Waals surface area contributed by atoms with E-state index in [-0.39, 0.29) is 0 Å². The second-order valence-electron chi connectivity index (χ2n) is 2.52. The summed E-state index contributed by atoms with van der Waals surface area (Å²) >= 11 is 0. The Kier molecular flexibility index (Phi) is 5.04. The van der Waals surface area contributed by atoms with Gasteiger partial charge >= 0.3 is 15.6 Å². The molecule has 0 aliphatic carbocycles. The Morgan fingerprint density at radius 3 is 1.82 bits per heavy atom. The van der Waals surface area contributed by atoms with Crippen LogP contribution in [0.3, 0.4) is 0 Å². The standard InChI is InChI=1S/C6H6N2O.CHF3O3S/c7-6(9)5-1-3-8-4-2-5;2-1(3,4)8(5,6)7/h1-4H,(H2,7,9);(H,5,6,7). The van der Waals surface area contributed by atoms with E-state index in [2.05, 4.69) is 4.98 Å². The number of amides is 1. The predicted molar refractivity (Wildman–Crippen MR) is 50.4 cm³/mol. The fourth-order valence-corrected chi connectivity index (χ4v) is 0.516. The smallest absolute Gasteiger partial charge is 0.366 e. The van der Waals surface area contributed by atoms with Crippen molar-refractivity contribution in [3.8, 4) is 0 Å². The number of hydrogen-bond donors (Lipinski definition) is 2. The third-order valence-corrected chi connectivity index (χ3v) is 1.84. The molecule has 6 nitrogen and oxygen atoms in total. The zero-order valence-corrected chi connectivity index (χ0v) is 8.86. The number of nitrogens with two attached hydrogens (primary N) is 1. The number of aromatic nitrogens is 1. The van der Waals surface area contributed by atoms with Crippen LogP contribution in [0.1, 0.15) is 10.4 Å². The highest BCUT2D eigenvalue weighted by Crippen LogP contribution is 2.20. The lowest BCUT2D eigenvalue weighted by molar-refractivity contribution is -0.0510. The fraction of sp³-hybridized carbons (Fsp3) is 0.143. The summed E-state index contributed by atoms with van der Waals surface area (Å²) < 4.78 is 57.5. The maximum Gasteiger partial charge on any atom is 0.522 e. The summed E-state index contributed by atoms with van der Waals surface area (Å²) in [4.78, 5) is 14.1. The molecule has 1 aromatic rings.